The zero-order valence-corrected chi connectivity index (χ0v) is 29.5. The molecule has 3 unspecified atom stereocenters. The Morgan fingerprint density at radius 1 is 0.304 bits per heavy atom. The van der Waals surface area contributed by atoms with Crippen LogP contribution in [0.25, 0.3) is 0 Å². The number of nitrogens with zero attached hydrogens (tertiary/aromatic N) is 4. The van der Waals surface area contributed by atoms with Crippen molar-refractivity contribution in [2.75, 3.05) is 0 Å². The monoisotopic (exact) mass is 750 g/mol. The van der Waals surface area contributed by atoms with Crippen LogP contribution in [-0.4, -0.2) is 0 Å². The summed E-state index contributed by atoms with van der Waals surface area (Å²) in [7, 11) is -4.01. The topological polar surface area (TPSA) is 95.6 Å². The van der Waals surface area contributed by atoms with Crippen LogP contribution in [-0.2, 0) is 0 Å². The van der Waals surface area contributed by atoms with Crippen molar-refractivity contribution in [3.8, 4) is 28.7 Å². The van der Waals surface area contributed by atoms with E-state index in [9.17, 15) is 0 Å². The Bertz CT molecular complexity index is 1920. The highest BCUT2D eigenvalue weighted by Crippen LogP contribution is 2.82. The molecule has 9 nitrogen and oxygen atoms in total. The maximum Gasteiger partial charge on any atom is 0.457 e. The average molecular weight is 752 g/mol. The molecule has 1 aliphatic heterocycles. The van der Waals surface area contributed by atoms with Gasteiger partial charge in [0.25, 0.3) is 0 Å². The predicted molar refractivity (Wildman–Crippen MR) is 190 cm³/mol. The molecule has 236 valence electrons. The molecule has 0 N–H and O–H groups in total. The lowest BCUT2D eigenvalue weighted by Gasteiger charge is -2.29. The van der Waals surface area contributed by atoms with Crippen LogP contribution in [0.4, 0.5) is 0 Å². The maximum atomic E-state index is 7.30. The summed E-state index contributed by atoms with van der Waals surface area (Å²) < 4.78 is 51.2. The first-order chi connectivity index (χ1) is 22.2. The van der Waals surface area contributed by atoms with E-state index in [4.69, 9.17) is 74.4 Å². The molecule has 0 radical (unpaired) electrons. The Hall–Kier alpha value is -3.11. The molecular formula is C30H25Cl3N4O5P4. The molecule has 1 aliphatic rings. The first kappa shape index (κ1) is 32.8. The molecule has 3 atom stereocenters. The van der Waals surface area contributed by atoms with Crippen molar-refractivity contribution in [3.05, 3.63) is 152 Å². The zero-order valence-electron chi connectivity index (χ0n) is 23.7. The lowest BCUT2D eigenvalue weighted by Crippen LogP contribution is -2.02. The predicted octanol–water partition coefficient (Wildman–Crippen LogP) is 13.9. The highest BCUT2D eigenvalue weighted by molar-refractivity contribution is 8.02. The summed E-state index contributed by atoms with van der Waals surface area (Å²) in [4.78, 5) is 0. The number of hydrogen-bond donors (Lipinski definition) is 0. The Morgan fingerprint density at radius 3 is 0.848 bits per heavy atom. The third-order valence-electron chi connectivity index (χ3n) is 5.72. The van der Waals surface area contributed by atoms with Gasteiger partial charge in [0.05, 0.1) is 0 Å². The largest absolute Gasteiger partial charge is 0.457 e. The van der Waals surface area contributed by atoms with E-state index in [1.54, 1.807) is 121 Å². The third kappa shape index (κ3) is 8.82. The van der Waals surface area contributed by atoms with Gasteiger partial charge in [0, 0.05) is 0 Å². The highest BCUT2D eigenvalue weighted by Gasteiger charge is 2.43. The van der Waals surface area contributed by atoms with Crippen LogP contribution in [0.5, 0.6) is 28.7 Å². The standard InChI is InChI=1S/C30H25Cl3N4O5P4/c31-43(38-26-16-6-1-7-17-26)34-44(32,39-27-18-8-2-9-19-27)36-46(41-29-22-12-4-13-23-29,42-30-24-14-5-15-25-30)37-45(33,35-43)40-28-20-10-3-11-21-28/h1-25H. The van der Waals surface area contributed by atoms with E-state index in [-0.39, 0.29) is 0 Å². The second-order valence-corrected chi connectivity index (χ2v) is 20.8. The van der Waals surface area contributed by atoms with E-state index in [1.807, 2.05) is 30.3 Å². The van der Waals surface area contributed by atoms with Crippen LogP contribution in [0.3, 0.4) is 0 Å². The molecule has 16 heteroatoms. The van der Waals surface area contributed by atoms with Gasteiger partial charge in [-0.05, 0) is 94.4 Å². The van der Waals surface area contributed by atoms with Crippen LogP contribution < -0.4 is 22.6 Å². The minimum absolute atomic E-state index is 0.367. The van der Waals surface area contributed by atoms with Crippen molar-refractivity contribution in [3.63, 3.8) is 0 Å². The van der Waals surface area contributed by atoms with Crippen molar-refractivity contribution in [1.29, 1.82) is 0 Å². The Morgan fingerprint density at radius 2 is 0.543 bits per heavy atom. The highest BCUT2D eigenvalue weighted by atomic mass is 35.7. The molecule has 1 heterocycles. The van der Waals surface area contributed by atoms with Crippen LogP contribution in [0.2, 0.25) is 0 Å². The van der Waals surface area contributed by atoms with Crippen molar-refractivity contribution in [2.45, 2.75) is 0 Å². The summed E-state index contributed by atoms with van der Waals surface area (Å²) in [6.07, 6.45) is 0. The van der Waals surface area contributed by atoms with Crippen LogP contribution in [0.15, 0.2) is 170 Å². The lowest BCUT2D eigenvalue weighted by molar-refractivity contribution is 0.476. The number of benzene rings is 5. The van der Waals surface area contributed by atoms with Gasteiger partial charge in [-0.2, -0.15) is 0 Å². The number of halogens is 3. The fraction of sp³-hybridized carbons (Fsp3) is 0. The Balaban J connectivity index is 1.65. The Labute approximate surface area is 281 Å². The van der Waals surface area contributed by atoms with Gasteiger partial charge in [-0.15, -0.1) is 18.1 Å². The molecule has 0 aliphatic carbocycles. The van der Waals surface area contributed by atoms with E-state index in [2.05, 4.69) is 0 Å². The molecule has 0 amide bonds. The maximum absolute atomic E-state index is 7.30. The molecule has 0 aromatic heterocycles. The minimum atomic E-state index is -4.01. The molecule has 0 saturated heterocycles. The SMILES string of the molecule is ClP1(Oc2ccccc2)=NP(Cl)(Oc2ccccc2)=NP(Oc2ccccc2)(Oc2ccccc2)=NP(Cl)(Oc2ccccc2)=N1. The van der Waals surface area contributed by atoms with Crippen molar-refractivity contribution < 1.29 is 22.6 Å². The molecular weight excluding hydrogens is 727 g/mol. The van der Waals surface area contributed by atoms with E-state index < -0.39 is 28.0 Å². The van der Waals surface area contributed by atoms with Gasteiger partial charge in [-0.3, -0.25) is 0 Å². The molecule has 5 aromatic rings. The van der Waals surface area contributed by atoms with E-state index in [0.29, 0.717) is 28.7 Å². The second kappa shape index (κ2) is 14.3. The summed E-state index contributed by atoms with van der Waals surface area (Å²) in [6.45, 7) is -11.7. The molecule has 5 aromatic carbocycles. The first-order valence-corrected chi connectivity index (χ1v) is 22.7. The fourth-order valence-electron chi connectivity index (χ4n) is 3.91. The van der Waals surface area contributed by atoms with Crippen LogP contribution in [0, 0.1) is 0 Å². The molecule has 0 bridgehead atoms. The molecule has 0 fully saturated rings. The van der Waals surface area contributed by atoms with Gasteiger partial charge < -0.3 is 22.6 Å². The minimum Gasteiger partial charge on any atom is -0.431 e. The summed E-state index contributed by atoms with van der Waals surface area (Å²) >= 11 is 21.8. The third-order valence-corrected chi connectivity index (χ3v) is 19.3. The van der Waals surface area contributed by atoms with Gasteiger partial charge in [0.15, 0.2) is 0 Å². The quantitative estimate of drug-likeness (QED) is 0.132. The van der Waals surface area contributed by atoms with E-state index in [0.717, 1.165) is 0 Å². The second-order valence-electron chi connectivity index (χ2n) is 9.29. The van der Waals surface area contributed by atoms with Crippen molar-refractivity contribution in [1.82, 2.24) is 0 Å². The first-order valence-electron chi connectivity index (χ1n) is 13.6. The number of hydrogen-bond acceptors (Lipinski definition) is 9. The Kier molecular flexibility index (Phi) is 10.2. The molecule has 0 spiro atoms. The summed E-state index contributed by atoms with van der Waals surface area (Å²) in [6, 6.07) is 44.2. The van der Waals surface area contributed by atoms with Gasteiger partial charge in [-0.25, -0.2) is 0 Å². The van der Waals surface area contributed by atoms with Gasteiger partial charge in [0.1, 0.15) is 28.7 Å². The number of para-hydroxylation sites is 5. The van der Waals surface area contributed by atoms with Crippen molar-refractivity contribution in [2.24, 2.45) is 18.1 Å². The van der Waals surface area contributed by atoms with Crippen LogP contribution >= 0.6 is 61.7 Å². The lowest BCUT2D eigenvalue weighted by atomic mass is 10.3. The molecule has 0 saturated carbocycles. The number of rotatable bonds is 10. The average Bonchev–Trinajstić information content (AvgIpc) is 3.02. The van der Waals surface area contributed by atoms with E-state index >= 15 is 0 Å². The molecule has 6 rings (SSSR count). The summed E-state index contributed by atoms with van der Waals surface area (Å²) in [5, 5.41) is 0. The van der Waals surface area contributed by atoms with Gasteiger partial charge >= 0.3 is 28.0 Å². The molecule has 46 heavy (non-hydrogen) atoms. The van der Waals surface area contributed by atoms with Gasteiger partial charge in [-0.1, -0.05) is 91.0 Å². The van der Waals surface area contributed by atoms with E-state index in [1.165, 1.54) is 0 Å². The fourth-order valence-corrected chi connectivity index (χ4v) is 19.8. The smallest absolute Gasteiger partial charge is 0.431 e. The van der Waals surface area contributed by atoms with Crippen LogP contribution in [0.1, 0.15) is 0 Å². The van der Waals surface area contributed by atoms with Crippen molar-refractivity contribution >= 4 is 61.7 Å². The van der Waals surface area contributed by atoms with Gasteiger partial charge in [0.2, 0.25) is 0 Å². The normalized spacial score (nSPS) is 23.4. The summed E-state index contributed by atoms with van der Waals surface area (Å²) in [5.74, 6) is 1.85. The zero-order chi connectivity index (χ0) is 31.9. The summed E-state index contributed by atoms with van der Waals surface area (Å²) in [5.41, 5.74) is 0.